The van der Waals surface area contributed by atoms with Crippen molar-refractivity contribution in [2.24, 2.45) is 23.7 Å². The summed E-state index contributed by atoms with van der Waals surface area (Å²) < 4.78 is 29.8. The molecule has 0 unspecified atom stereocenters. The van der Waals surface area contributed by atoms with E-state index in [1.165, 1.54) is 41.3 Å². The van der Waals surface area contributed by atoms with Gasteiger partial charge in [-0.2, -0.15) is 5.01 Å². The first-order valence-electron chi connectivity index (χ1n) is 16.0. The Morgan fingerprint density at radius 2 is 1.54 bits per heavy atom. The molecular weight excluding hydrogens is 732 g/mol. The predicted octanol–water partition coefficient (Wildman–Crippen LogP) is 7.28. The van der Waals surface area contributed by atoms with Crippen molar-refractivity contribution in [2.45, 2.75) is 24.2 Å². The number of nitrogens with one attached hydrogen (secondary N) is 1. The third-order valence-corrected chi connectivity index (χ3v) is 11.4. The summed E-state index contributed by atoms with van der Waals surface area (Å²) in [6.07, 6.45) is 2.08. The van der Waals surface area contributed by atoms with Crippen molar-refractivity contribution >= 4 is 62.5 Å². The second-order valence-corrected chi connectivity index (χ2v) is 14.4. The van der Waals surface area contributed by atoms with Crippen molar-refractivity contribution in [3.8, 4) is 5.75 Å². The number of rotatable bonds is 5. The average molecular weight is 759 g/mol. The number of carbonyl (C=O) groups is 4. The average Bonchev–Trinajstić information content (AvgIpc) is 3.48. The number of carbonyl (C=O) groups excluding carboxylic acids is 4. The monoisotopic (exact) mass is 757 g/mol. The zero-order valence-electron chi connectivity index (χ0n) is 26.0. The van der Waals surface area contributed by atoms with Crippen molar-refractivity contribution in [1.82, 2.24) is 5.01 Å². The smallest absolute Gasteiger partial charge is 0.260 e. The molecule has 0 radical (unpaired) electrons. The van der Waals surface area contributed by atoms with Crippen LogP contribution < -0.4 is 10.3 Å². The Kier molecular flexibility index (Phi) is 7.68. The van der Waals surface area contributed by atoms with E-state index in [0.29, 0.717) is 27.4 Å². The lowest BCUT2D eigenvalue weighted by atomic mass is 9.49. The molecule has 252 valence electrons. The van der Waals surface area contributed by atoms with Crippen molar-refractivity contribution < 1.29 is 33.1 Å². The highest BCUT2D eigenvalue weighted by Gasteiger charge is 2.70. The molecule has 2 aliphatic heterocycles. The number of benzene rings is 4. The van der Waals surface area contributed by atoms with E-state index in [9.17, 15) is 23.9 Å². The fourth-order valence-electron chi connectivity index (χ4n) is 8.58. The molecule has 8 rings (SSSR count). The molecule has 2 N–H and O–H groups in total. The molecule has 8 nitrogen and oxygen atoms in total. The number of fused-ring (bicyclic) bond motifs is 4. The van der Waals surface area contributed by atoms with Gasteiger partial charge in [-0.25, -0.2) is 8.78 Å². The first-order valence-corrected chi connectivity index (χ1v) is 17.2. The lowest BCUT2D eigenvalue weighted by molar-refractivity contribution is -0.138. The van der Waals surface area contributed by atoms with Gasteiger partial charge >= 0.3 is 0 Å². The Balaban J connectivity index is 1.32. The quantitative estimate of drug-likeness (QED) is 0.164. The molecule has 0 spiro atoms. The van der Waals surface area contributed by atoms with Crippen LogP contribution >= 0.6 is 27.5 Å². The molecule has 2 aliphatic carbocycles. The SMILES string of the molecule is O=C1[C@@H]2C[C@@H]3C(=CC[C@@H]4C(=O)N(c5ccc(Br)cc5)C(=O)[C@@H]43)[C@H](c3ccc(O)c(F)c3)[C@]2(c2ccc(Cl)cc2)C(=O)N1Nc1ccc(F)cc1. The summed E-state index contributed by atoms with van der Waals surface area (Å²) in [6, 6.07) is 22.4. The Morgan fingerprint density at radius 3 is 2.22 bits per heavy atom. The van der Waals surface area contributed by atoms with Crippen molar-refractivity contribution in [3.05, 3.63) is 135 Å². The largest absolute Gasteiger partial charge is 0.505 e. The number of hydrogen-bond donors (Lipinski definition) is 2. The van der Waals surface area contributed by atoms with Gasteiger partial charge in [0.15, 0.2) is 11.6 Å². The van der Waals surface area contributed by atoms with Crippen LogP contribution in [0.5, 0.6) is 5.75 Å². The minimum Gasteiger partial charge on any atom is -0.505 e. The molecule has 4 aliphatic rings. The molecule has 4 amide bonds. The summed E-state index contributed by atoms with van der Waals surface area (Å²) >= 11 is 9.69. The van der Waals surface area contributed by atoms with E-state index < -0.39 is 70.1 Å². The number of phenols is 1. The number of nitrogens with zero attached hydrogens (tertiary/aromatic N) is 2. The van der Waals surface area contributed by atoms with Gasteiger partial charge in [0.05, 0.1) is 34.5 Å². The molecule has 4 aromatic rings. The Hall–Kier alpha value is -4.87. The Morgan fingerprint density at radius 1 is 0.840 bits per heavy atom. The van der Waals surface area contributed by atoms with Crippen LogP contribution in [-0.2, 0) is 24.6 Å². The van der Waals surface area contributed by atoms with Gasteiger partial charge in [-0.3, -0.25) is 29.5 Å². The number of anilines is 2. The number of hydrogen-bond acceptors (Lipinski definition) is 6. The van der Waals surface area contributed by atoms with Crippen LogP contribution in [-0.4, -0.2) is 33.7 Å². The van der Waals surface area contributed by atoms with E-state index in [-0.39, 0.29) is 24.4 Å². The summed E-state index contributed by atoms with van der Waals surface area (Å²) in [5.41, 5.74) is 3.29. The lowest BCUT2D eigenvalue weighted by Gasteiger charge is -2.50. The van der Waals surface area contributed by atoms with Crippen LogP contribution in [0.4, 0.5) is 20.2 Å². The van der Waals surface area contributed by atoms with Gasteiger partial charge in [-0.15, -0.1) is 0 Å². The molecule has 3 fully saturated rings. The van der Waals surface area contributed by atoms with E-state index in [1.54, 1.807) is 48.5 Å². The lowest BCUT2D eigenvalue weighted by Crippen LogP contribution is -2.53. The minimum atomic E-state index is -1.66. The minimum absolute atomic E-state index is 0.0338. The number of hydrazine groups is 1. The van der Waals surface area contributed by atoms with Crippen molar-refractivity contribution in [2.75, 3.05) is 10.3 Å². The Labute approximate surface area is 298 Å². The standard InChI is InChI=1S/C38H27BrClF2N3O5/c39-21-4-12-25(13-5-21)44-34(47)27-15-14-26-28(32(27)36(44)49)18-29-35(48)45(43-24-10-8-23(41)9-11-24)37(50)38(29,20-2-6-22(40)7-3-20)33(26)19-1-16-31(46)30(42)17-19/h1-14,16-17,27-29,32-33,43,46H,15,18H2/t27-,28+,29-,32-,33-,38+/m0/s1. The van der Waals surface area contributed by atoms with Crippen molar-refractivity contribution in [1.29, 1.82) is 0 Å². The predicted molar refractivity (Wildman–Crippen MR) is 184 cm³/mol. The molecule has 1 saturated carbocycles. The van der Waals surface area contributed by atoms with Crippen LogP contribution in [0.1, 0.15) is 29.9 Å². The summed E-state index contributed by atoms with van der Waals surface area (Å²) in [7, 11) is 0. The van der Waals surface area contributed by atoms with Crippen LogP contribution in [0, 0.1) is 35.3 Å². The first kappa shape index (κ1) is 32.3. The zero-order chi connectivity index (χ0) is 35.1. The summed E-state index contributed by atoms with van der Waals surface area (Å²) in [6.45, 7) is 0. The van der Waals surface area contributed by atoms with Gasteiger partial charge in [0, 0.05) is 15.4 Å². The molecule has 4 aromatic carbocycles. The van der Waals surface area contributed by atoms with Crippen LogP contribution in [0.15, 0.2) is 107 Å². The molecule has 6 atom stereocenters. The van der Waals surface area contributed by atoms with Gasteiger partial charge in [0.2, 0.25) is 11.8 Å². The summed E-state index contributed by atoms with van der Waals surface area (Å²) in [5, 5.41) is 11.5. The maximum Gasteiger partial charge on any atom is 0.260 e. The number of aromatic hydroxyl groups is 1. The van der Waals surface area contributed by atoms with Gasteiger partial charge in [-0.05, 0) is 103 Å². The van der Waals surface area contributed by atoms with E-state index in [2.05, 4.69) is 21.4 Å². The molecule has 12 heteroatoms. The molecular formula is C38H27BrClF2N3O5. The van der Waals surface area contributed by atoms with E-state index in [1.807, 2.05) is 6.08 Å². The van der Waals surface area contributed by atoms with Gasteiger partial charge < -0.3 is 5.11 Å². The number of allylic oxidation sites excluding steroid dienone is 2. The number of amides is 4. The first-order chi connectivity index (χ1) is 24.0. The van der Waals surface area contributed by atoms with E-state index in [0.717, 1.165) is 15.5 Å². The van der Waals surface area contributed by atoms with E-state index in [4.69, 9.17) is 11.6 Å². The Bertz CT molecular complexity index is 2130. The fourth-order valence-corrected chi connectivity index (χ4v) is 8.97. The maximum absolute atomic E-state index is 15.2. The molecule has 0 aromatic heterocycles. The second-order valence-electron chi connectivity index (χ2n) is 13.1. The second kappa shape index (κ2) is 11.9. The van der Waals surface area contributed by atoms with Gasteiger partial charge in [0.1, 0.15) is 5.82 Å². The van der Waals surface area contributed by atoms with Gasteiger partial charge in [0.25, 0.3) is 11.8 Å². The topological polar surface area (TPSA) is 107 Å². The van der Waals surface area contributed by atoms with Crippen LogP contribution in [0.25, 0.3) is 0 Å². The highest BCUT2D eigenvalue weighted by Crippen LogP contribution is 2.64. The number of halogens is 4. The van der Waals surface area contributed by atoms with Crippen LogP contribution in [0.2, 0.25) is 5.02 Å². The molecule has 2 saturated heterocycles. The number of imide groups is 2. The fraction of sp³-hybridized carbons (Fsp3) is 0.211. The molecule has 50 heavy (non-hydrogen) atoms. The third kappa shape index (κ3) is 4.74. The van der Waals surface area contributed by atoms with Crippen molar-refractivity contribution in [3.63, 3.8) is 0 Å². The molecule has 2 heterocycles. The summed E-state index contributed by atoms with van der Waals surface area (Å²) in [5.74, 6) is -8.32. The number of phenolic OH excluding ortho intramolecular Hbond substituents is 1. The third-order valence-electron chi connectivity index (χ3n) is 10.6. The van der Waals surface area contributed by atoms with Gasteiger partial charge in [-0.1, -0.05) is 57.4 Å². The van der Waals surface area contributed by atoms with Crippen LogP contribution in [0.3, 0.4) is 0 Å². The zero-order valence-corrected chi connectivity index (χ0v) is 28.4. The van der Waals surface area contributed by atoms with E-state index >= 15 is 9.18 Å². The normalized spacial score (nSPS) is 27.2. The summed E-state index contributed by atoms with van der Waals surface area (Å²) in [4.78, 5) is 59.1. The highest BCUT2D eigenvalue weighted by molar-refractivity contribution is 9.10. The molecule has 0 bridgehead atoms. The maximum atomic E-state index is 15.2. The highest BCUT2D eigenvalue weighted by atomic mass is 79.9.